The lowest BCUT2D eigenvalue weighted by molar-refractivity contribution is 0.00293. The van der Waals surface area contributed by atoms with Crippen LogP contribution < -0.4 is 5.73 Å². The zero-order valence-corrected chi connectivity index (χ0v) is 9.70. The summed E-state index contributed by atoms with van der Waals surface area (Å²) < 4.78 is 5.86. The summed E-state index contributed by atoms with van der Waals surface area (Å²) in [7, 11) is 2.15. The highest BCUT2D eigenvalue weighted by atomic mass is 16.5. The van der Waals surface area contributed by atoms with Gasteiger partial charge in [0.05, 0.1) is 12.2 Å². The number of hydrogen-bond acceptors (Lipinski definition) is 3. The van der Waals surface area contributed by atoms with Gasteiger partial charge in [-0.3, -0.25) is 4.90 Å². The third-order valence-electron chi connectivity index (χ3n) is 3.08. The molecule has 1 rings (SSSR count). The zero-order chi connectivity index (χ0) is 10.6. The van der Waals surface area contributed by atoms with Crippen LogP contribution >= 0.6 is 0 Å². The van der Waals surface area contributed by atoms with Crippen molar-refractivity contribution in [3.05, 3.63) is 0 Å². The van der Waals surface area contributed by atoms with Gasteiger partial charge in [0, 0.05) is 12.6 Å². The van der Waals surface area contributed by atoms with Crippen LogP contribution in [0.15, 0.2) is 0 Å². The van der Waals surface area contributed by atoms with E-state index in [0.717, 1.165) is 13.0 Å². The van der Waals surface area contributed by atoms with Crippen LogP contribution in [0.2, 0.25) is 0 Å². The fourth-order valence-electron chi connectivity index (χ4n) is 2.25. The Hall–Kier alpha value is -0.120. The van der Waals surface area contributed by atoms with E-state index in [9.17, 15) is 0 Å². The molecular formula is C11H24N2O. The predicted octanol–water partition coefficient (Wildman–Crippen LogP) is 1.22. The molecule has 1 saturated heterocycles. The Bertz CT molecular complexity index is 163. The molecule has 0 spiro atoms. The Labute approximate surface area is 87.6 Å². The lowest BCUT2D eigenvalue weighted by atomic mass is 10.1. The van der Waals surface area contributed by atoms with Gasteiger partial charge in [-0.15, -0.1) is 0 Å². The summed E-state index contributed by atoms with van der Waals surface area (Å²) in [4.78, 5) is 2.34. The number of nitrogens with zero attached hydrogens (tertiary/aromatic N) is 1. The number of hydrogen-bond donors (Lipinski definition) is 1. The van der Waals surface area contributed by atoms with Gasteiger partial charge in [-0.25, -0.2) is 0 Å². The van der Waals surface area contributed by atoms with Crippen LogP contribution in [0.25, 0.3) is 0 Å². The summed E-state index contributed by atoms with van der Waals surface area (Å²) in [6, 6.07) is 0.403. The van der Waals surface area contributed by atoms with E-state index in [0.29, 0.717) is 24.8 Å². The molecule has 0 saturated carbocycles. The number of ether oxygens (including phenoxy) is 1. The van der Waals surface area contributed by atoms with Crippen LogP contribution in [0.5, 0.6) is 0 Å². The summed E-state index contributed by atoms with van der Waals surface area (Å²) in [5, 5.41) is 0. The molecule has 3 atom stereocenters. The monoisotopic (exact) mass is 200 g/mol. The van der Waals surface area contributed by atoms with E-state index in [1.807, 2.05) is 0 Å². The molecule has 0 aromatic heterocycles. The van der Waals surface area contributed by atoms with Gasteiger partial charge in [0.15, 0.2) is 0 Å². The van der Waals surface area contributed by atoms with Crippen molar-refractivity contribution in [2.24, 2.45) is 5.73 Å². The molecular weight excluding hydrogens is 176 g/mol. The molecule has 2 N–H and O–H groups in total. The molecule has 3 nitrogen and oxygen atoms in total. The lowest BCUT2D eigenvalue weighted by Gasteiger charge is -2.31. The molecule has 0 aromatic rings. The Kier molecular flexibility index (Phi) is 4.85. The standard InChI is InChI=1S/C11H24N2O/c1-4-7-13(3)10(8-12)11-6-5-9(2)14-11/h9-11H,4-8,12H2,1-3H3. The van der Waals surface area contributed by atoms with Crippen molar-refractivity contribution >= 4 is 0 Å². The molecule has 3 unspecified atom stereocenters. The van der Waals surface area contributed by atoms with Gasteiger partial charge in [0.2, 0.25) is 0 Å². The van der Waals surface area contributed by atoms with E-state index in [1.165, 1.54) is 12.8 Å². The maximum Gasteiger partial charge on any atom is 0.0746 e. The average molecular weight is 200 g/mol. The van der Waals surface area contributed by atoms with Crippen molar-refractivity contribution in [2.75, 3.05) is 20.1 Å². The third kappa shape index (κ3) is 2.94. The highest BCUT2D eigenvalue weighted by Gasteiger charge is 2.30. The molecule has 0 amide bonds. The summed E-state index contributed by atoms with van der Waals surface area (Å²) in [5.74, 6) is 0. The zero-order valence-electron chi connectivity index (χ0n) is 9.70. The van der Waals surface area contributed by atoms with Crippen molar-refractivity contribution in [3.63, 3.8) is 0 Å². The van der Waals surface area contributed by atoms with E-state index in [2.05, 4.69) is 25.8 Å². The number of likely N-dealkylation sites (N-methyl/N-ethyl adjacent to an activating group) is 1. The van der Waals surface area contributed by atoms with Crippen molar-refractivity contribution in [3.8, 4) is 0 Å². The molecule has 1 heterocycles. The summed E-state index contributed by atoms with van der Waals surface area (Å²) in [6.45, 7) is 6.15. The Morgan fingerprint density at radius 1 is 1.50 bits per heavy atom. The number of nitrogens with two attached hydrogens (primary N) is 1. The van der Waals surface area contributed by atoms with Gasteiger partial charge in [-0.05, 0) is 39.8 Å². The van der Waals surface area contributed by atoms with E-state index < -0.39 is 0 Å². The molecule has 3 heteroatoms. The van der Waals surface area contributed by atoms with E-state index in [4.69, 9.17) is 10.5 Å². The molecule has 1 aliphatic rings. The van der Waals surface area contributed by atoms with E-state index in [-0.39, 0.29) is 0 Å². The van der Waals surface area contributed by atoms with Crippen molar-refractivity contribution in [2.45, 2.75) is 51.4 Å². The minimum absolute atomic E-state index is 0.353. The molecule has 0 bridgehead atoms. The van der Waals surface area contributed by atoms with Crippen LogP contribution in [0.4, 0.5) is 0 Å². The first-order valence-electron chi connectivity index (χ1n) is 5.74. The highest BCUT2D eigenvalue weighted by molar-refractivity contribution is 4.84. The number of rotatable bonds is 5. The fraction of sp³-hybridized carbons (Fsp3) is 1.00. The van der Waals surface area contributed by atoms with Gasteiger partial charge < -0.3 is 10.5 Å². The van der Waals surface area contributed by atoms with Crippen LogP contribution in [-0.2, 0) is 4.74 Å². The molecule has 0 aromatic carbocycles. The summed E-state index contributed by atoms with van der Waals surface area (Å²) in [5.41, 5.74) is 5.81. The average Bonchev–Trinajstić information content (AvgIpc) is 2.54. The normalized spacial score (nSPS) is 29.8. The Morgan fingerprint density at radius 2 is 2.21 bits per heavy atom. The van der Waals surface area contributed by atoms with Crippen LogP contribution in [0.3, 0.4) is 0 Å². The molecule has 1 fully saturated rings. The van der Waals surface area contributed by atoms with Gasteiger partial charge in [-0.2, -0.15) is 0 Å². The van der Waals surface area contributed by atoms with Crippen LogP contribution in [0, 0.1) is 0 Å². The smallest absolute Gasteiger partial charge is 0.0746 e. The maximum atomic E-state index is 5.86. The van der Waals surface area contributed by atoms with Crippen molar-refractivity contribution in [1.29, 1.82) is 0 Å². The predicted molar refractivity (Wildman–Crippen MR) is 59.3 cm³/mol. The molecule has 14 heavy (non-hydrogen) atoms. The van der Waals surface area contributed by atoms with Crippen LogP contribution in [-0.4, -0.2) is 43.3 Å². The first kappa shape index (κ1) is 12.0. The third-order valence-corrected chi connectivity index (χ3v) is 3.08. The minimum Gasteiger partial charge on any atom is -0.374 e. The fourth-order valence-corrected chi connectivity index (χ4v) is 2.25. The van der Waals surface area contributed by atoms with E-state index >= 15 is 0 Å². The van der Waals surface area contributed by atoms with Crippen molar-refractivity contribution in [1.82, 2.24) is 4.90 Å². The molecule has 0 aliphatic carbocycles. The largest absolute Gasteiger partial charge is 0.374 e. The molecule has 0 radical (unpaired) electrons. The quantitative estimate of drug-likeness (QED) is 0.725. The van der Waals surface area contributed by atoms with Gasteiger partial charge in [-0.1, -0.05) is 6.92 Å². The van der Waals surface area contributed by atoms with E-state index in [1.54, 1.807) is 0 Å². The SMILES string of the molecule is CCCN(C)C(CN)C1CCC(C)O1. The highest BCUT2D eigenvalue weighted by Crippen LogP contribution is 2.23. The first-order chi connectivity index (χ1) is 6.69. The Balaban J connectivity index is 2.44. The first-order valence-corrected chi connectivity index (χ1v) is 5.74. The van der Waals surface area contributed by atoms with Crippen molar-refractivity contribution < 1.29 is 4.74 Å². The lowest BCUT2D eigenvalue weighted by Crippen LogP contribution is -2.46. The second kappa shape index (κ2) is 5.69. The summed E-state index contributed by atoms with van der Waals surface area (Å²) in [6.07, 6.45) is 4.30. The Morgan fingerprint density at radius 3 is 2.64 bits per heavy atom. The van der Waals surface area contributed by atoms with Gasteiger partial charge in [0.1, 0.15) is 0 Å². The minimum atomic E-state index is 0.353. The topological polar surface area (TPSA) is 38.5 Å². The summed E-state index contributed by atoms with van der Waals surface area (Å²) >= 11 is 0. The molecule has 84 valence electrons. The molecule has 1 aliphatic heterocycles. The van der Waals surface area contributed by atoms with Gasteiger partial charge >= 0.3 is 0 Å². The second-order valence-corrected chi connectivity index (χ2v) is 4.35. The second-order valence-electron chi connectivity index (χ2n) is 4.35. The van der Waals surface area contributed by atoms with Gasteiger partial charge in [0.25, 0.3) is 0 Å². The van der Waals surface area contributed by atoms with Crippen LogP contribution in [0.1, 0.15) is 33.1 Å². The maximum absolute atomic E-state index is 5.86.